The van der Waals surface area contributed by atoms with Gasteiger partial charge in [-0.15, -0.1) is 11.3 Å². The number of likely N-dealkylation sites (N-methyl/N-ethyl adjacent to an activating group) is 1. The van der Waals surface area contributed by atoms with Gasteiger partial charge in [-0.3, -0.25) is 9.59 Å². The number of rotatable bonds is 6. The number of thiophene rings is 1. The van der Waals surface area contributed by atoms with Gasteiger partial charge >= 0.3 is 0 Å². The van der Waals surface area contributed by atoms with Gasteiger partial charge in [0.25, 0.3) is 0 Å². The third kappa shape index (κ3) is 4.77. The second-order valence-electron chi connectivity index (χ2n) is 6.00. The number of carbonyl (C=O) groups excluding carboxylic acids is 2. The van der Waals surface area contributed by atoms with E-state index < -0.39 is 0 Å². The van der Waals surface area contributed by atoms with Crippen LogP contribution in [0, 0.1) is 6.92 Å². The summed E-state index contributed by atoms with van der Waals surface area (Å²) in [6.45, 7) is 1.99. The van der Waals surface area contributed by atoms with E-state index in [1.54, 1.807) is 18.4 Å². The minimum atomic E-state index is -0.220. The molecular weight excluding hydrogens is 366 g/mol. The lowest BCUT2D eigenvalue weighted by molar-refractivity contribution is -0.132. The molecule has 0 saturated heterocycles. The van der Waals surface area contributed by atoms with Gasteiger partial charge in [0, 0.05) is 29.1 Å². The first-order chi connectivity index (χ1) is 12.5. The number of amides is 2. The summed E-state index contributed by atoms with van der Waals surface area (Å²) in [5, 5.41) is 9.64. The zero-order valence-corrected chi connectivity index (χ0v) is 16.2. The molecule has 134 valence electrons. The molecule has 7 heteroatoms. The summed E-state index contributed by atoms with van der Waals surface area (Å²) in [5.74, 6) is -0.354. The van der Waals surface area contributed by atoms with E-state index in [1.807, 2.05) is 53.4 Å². The molecule has 1 aromatic carbocycles. The minimum Gasteiger partial charge on any atom is -0.336 e. The molecular formula is C19H19N3O2S2. The van der Waals surface area contributed by atoms with Crippen LogP contribution in [-0.2, 0) is 16.0 Å². The van der Waals surface area contributed by atoms with Crippen molar-refractivity contribution < 1.29 is 9.59 Å². The average molecular weight is 386 g/mol. The summed E-state index contributed by atoms with van der Waals surface area (Å²) >= 11 is 3.14. The van der Waals surface area contributed by atoms with Crippen molar-refractivity contribution in [3.05, 3.63) is 57.7 Å². The molecule has 0 atom stereocenters. The number of thiazole rings is 1. The van der Waals surface area contributed by atoms with Gasteiger partial charge in [-0.1, -0.05) is 17.7 Å². The van der Waals surface area contributed by atoms with Crippen molar-refractivity contribution in [2.75, 3.05) is 18.9 Å². The Balaban J connectivity index is 1.52. The molecule has 0 aliphatic heterocycles. The number of anilines is 1. The SMILES string of the molecule is Cc1ccc(NC(=O)CN(C)C(=O)Cc2csc(-c3ccsc3)n2)cc1. The first-order valence-electron chi connectivity index (χ1n) is 8.09. The first kappa shape index (κ1) is 18.3. The van der Waals surface area contributed by atoms with Gasteiger partial charge in [-0.25, -0.2) is 4.98 Å². The topological polar surface area (TPSA) is 62.3 Å². The van der Waals surface area contributed by atoms with Crippen LogP contribution in [0.25, 0.3) is 10.6 Å². The molecule has 0 aliphatic carbocycles. The van der Waals surface area contributed by atoms with E-state index in [2.05, 4.69) is 10.3 Å². The van der Waals surface area contributed by atoms with Gasteiger partial charge in [0.15, 0.2) is 0 Å². The predicted octanol–water partition coefficient (Wildman–Crippen LogP) is 3.82. The fraction of sp³-hybridized carbons (Fsp3) is 0.211. The second-order valence-corrected chi connectivity index (χ2v) is 7.63. The van der Waals surface area contributed by atoms with E-state index in [1.165, 1.54) is 16.2 Å². The molecule has 3 rings (SSSR count). The van der Waals surface area contributed by atoms with Crippen LogP contribution in [0.3, 0.4) is 0 Å². The lowest BCUT2D eigenvalue weighted by Crippen LogP contribution is -2.35. The average Bonchev–Trinajstić information content (AvgIpc) is 3.28. The van der Waals surface area contributed by atoms with Crippen LogP contribution < -0.4 is 5.32 Å². The number of hydrogen-bond acceptors (Lipinski definition) is 5. The quantitative estimate of drug-likeness (QED) is 0.702. The van der Waals surface area contributed by atoms with Gasteiger partial charge in [0.05, 0.1) is 18.7 Å². The maximum atomic E-state index is 12.4. The zero-order valence-electron chi connectivity index (χ0n) is 14.6. The van der Waals surface area contributed by atoms with Gasteiger partial charge in [0.1, 0.15) is 5.01 Å². The summed E-state index contributed by atoms with van der Waals surface area (Å²) in [7, 11) is 1.63. The fourth-order valence-corrected chi connectivity index (χ4v) is 3.87. The number of aryl methyl sites for hydroxylation is 1. The number of hydrogen-bond donors (Lipinski definition) is 1. The highest BCUT2D eigenvalue weighted by molar-refractivity contribution is 7.14. The lowest BCUT2D eigenvalue weighted by Gasteiger charge is -2.16. The Bertz CT molecular complexity index is 886. The number of nitrogens with zero attached hydrogens (tertiary/aromatic N) is 2. The molecule has 0 spiro atoms. The van der Waals surface area contributed by atoms with Crippen molar-refractivity contribution in [3.8, 4) is 10.6 Å². The van der Waals surface area contributed by atoms with Crippen LogP contribution >= 0.6 is 22.7 Å². The predicted molar refractivity (Wildman–Crippen MR) is 107 cm³/mol. The van der Waals surface area contributed by atoms with Gasteiger partial charge < -0.3 is 10.2 Å². The highest BCUT2D eigenvalue weighted by Gasteiger charge is 2.15. The summed E-state index contributed by atoms with van der Waals surface area (Å²) in [6.07, 6.45) is 0.189. The highest BCUT2D eigenvalue weighted by Crippen LogP contribution is 2.25. The summed E-state index contributed by atoms with van der Waals surface area (Å²) in [5.41, 5.74) is 3.65. The molecule has 0 bridgehead atoms. The van der Waals surface area contributed by atoms with E-state index in [9.17, 15) is 9.59 Å². The third-order valence-corrected chi connectivity index (χ3v) is 5.42. The van der Waals surface area contributed by atoms with E-state index in [4.69, 9.17) is 0 Å². The fourth-order valence-electron chi connectivity index (χ4n) is 2.34. The summed E-state index contributed by atoms with van der Waals surface area (Å²) < 4.78 is 0. The largest absolute Gasteiger partial charge is 0.336 e. The Morgan fingerprint density at radius 3 is 2.62 bits per heavy atom. The molecule has 2 amide bonds. The van der Waals surface area contributed by atoms with E-state index in [0.29, 0.717) is 0 Å². The molecule has 0 saturated carbocycles. The van der Waals surface area contributed by atoms with E-state index in [-0.39, 0.29) is 24.8 Å². The Morgan fingerprint density at radius 1 is 1.15 bits per heavy atom. The Hall–Kier alpha value is -2.51. The molecule has 0 radical (unpaired) electrons. The monoisotopic (exact) mass is 385 g/mol. The Morgan fingerprint density at radius 2 is 1.92 bits per heavy atom. The maximum Gasteiger partial charge on any atom is 0.243 e. The van der Waals surface area contributed by atoms with Crippen molar-refractivity contribution in [3.63, 3.8) is 0 Å². The highest BCUT2D eigenvalue weighted by atomic mass is 32.1. The molecule has 2 heterocycles. The van der Waals surface area contributed by atoms with Crippen molar-refractivity contribution in [1.29, 1.82) is 0 Å². The zero-order chi connectivity index (χ0) is 18.5. The Kier molecular flexibility index (Phi) is 5.80. The minimum absolute atomic E-state index is 0.00817. The van der Waals surface area contributed by atoms with Gasteiger partial charge in [-0.05, 0) is 30.5 Å². The number of nitrogens with one attached hydrogen (secondary N) is 1. The molecule has 2 aromatic heterocycles. The second kappa shape index (κ2) is 8.25. The van der Waals surface area contributed by atoms with Crippen molar-refractivity contribution in [2.45, 2.75) is 13.3 Å². The normalized spacial score (nSPS) is 10.5. The summed E-state index contributed by atoms with van der Waals surface area (Å²) in [6, 6.07) is 9.55. The molecule has 1 N–H and O–H groups in total. The number of benzene rings is 1. The van der Waals surface area contributed by atoms with Gasteiger partial charge in [0.2, 0.25) is 11.8 Å². The molecule has 3 aromatic rings. The Labute approximate surface area is 160 Å². The van der Waals surface area contributed by atoms with Crippen LogP contribution in [0.15, 0.2) is 46.5 Å². The van der Waals surface area contributed by atoms with Crippen molar-refractivity contribution in [2.24, 2.45) is 0 Å². The number of carbonyl (C=O) groups is 2. The number of aromatic nitrogens is 1. The summed E-state index contributed by atoms with van der Waals surface area (Å²) in [4.78, 5) is 30.4. The molecule has 0 aliphatic rings. The van der Waals surface area contributed by atoms with Crippen molar-refractivity contribution in [1.82, 2.24) is 9.88 Å². The van der Waals surface area contributed by atoms with Crippen LogP contribution in [-0.4, -0.2) is 35.3 Å². The molecule has 0 fully saturated rings. The first-order valence-corrected chi connectivity index (χ1v) is 9.91. The smallest absolute Gasteiger partial charge is 0.243 e. The maximum absolute atomic E-state index is 12.4. The van der Waals surface area contributed by atoms with Crippen LogP contribution in [0.1, 0.15) is 11.3 Å². The molecule has 0 unspecified atom stereocenters. The van der Waals surface area contributed by atoms with E-state index in [0.717, 1.165) is 27.5 Å². The van der Waals surface area contributed by atoms with Crippen molar-refractivity contribution >= 4 is 40.2 Å². The lowest BCUT2D eigenvalue weighted by atomic mass is 10.2. The van der Waals surface area contributed by atoms with Crippen LogP contribution in [0.5, 0.6) is 0 Å². The van der Waals surface area contributed by atoms with Crippen LogP contribution in [0.4, 0.5) is 5.69 Å². The molecule has 5 nitrogen and oxygen atoms in total. The third-order valence-electron chi connectivity index (χ3n) is 3.79. The van der Waals surface area contributed by atoms with E-state index >= 15 is 0 Å². The van der Waals surface area contributed by atoms with Gasteiger partial charge in [-0.2, -0.15) is 11.3 Å². The molecule has 26 heavy (non-hydrogen) atoms. The standard InChI is InChI=1S/C19H19N3O2S2/c1-13-3-5-15(6-4-13)20-17(23)10-22(2)18(24)9-16-12-26-19(21-16)14-7-8-25-11-14/h3-8,11-12H,9-10H2,1-2H3,(H,20,23). The van der Waals surface area contributed by atoms with Crippen LogP contribution in [0.2, 0.25) is 0 Å².